The lowest BCUT2D eigenvalue weighted by molar-refractivity contribution is 0.0734. The SMILES string of the molecule is COc1ccc(C(=O)Oc2ccc(Br)cc2/C=N/NC(=O)c2cccc(OC)c2)cc1. The van der Waals surface area contributed by atoms with Gasteiger partial charge in [0.1, 0.15) is 17.2 Å². The molecule has 0 aliphatic heterocycles. The number of nitrogens with zero attached hydrogens (tertiary/aromatic N) is 1. The Hall–Kier alpha value is -3.65. The van der Waals surface area contributed by atoms with Crippen LogP contribution in [0.2, 0.25) is 0 Å². The number of ether oxygens (including phenoxy) is 3. The number of carbonyl (C=O) groups excluding carboxylic acids is 2. The van der Waals surface area contributed by atoms with Gasteiger partial charge in [-0.3, -0.25) is 4.79 Å². The molecule has 8 heteroatoms. The van der Waals surface area contributed by atoms with Gasteiger partial charge < -0.3 is 14.2 Å². The van der Waals surface area contributed by atoms with Gasteiger partial charge in [-0.15, -0.1) is 0 Å². The topological polar surface area (TPSA) is 86.2 Å². The first-order valence-corrected chi connectivity index (χ1v) is 9.92. The van der Waals surface area contributed by atoms with Crippen LogP contribution < -0.4 is 19.6 Å². The van der Waals surface area contributed by atoms with Gasteiger partial charge in [0, 0.05) is 15.6 Å². The van der Waals surface area contributed by atoms with Gasteiger partial charge in [0.05, 0.1) is 26.0 Å². The summed E-state index contributed by atoms with van der Waals surface area (Å²) < 4.78 is 16.5. The predicted octanol–water partition coefficient (Wildman–Crippen LogP) is 4.45. The number of hydrogen-bond donors (Lipinski definition) is 1. The molecule has 0 saturated heterocycles. The number of rotatable bonds is 7. The first-order chi connectivity index (χ1) is 15.0. The van der Waals surface area contributed by atoms with Crippen molar-refractivity contribution in [3.63, 3.8) is 0 Å². The Balaban J connectivity index is 1.73. The number of carbonyl (C=O) groups is 2. The lowest BCUT2D eigenvalue weighted by Crippen LogP contribution is -2.17. The van der Waals surface area contributed by atoms with Crippen LogP contribution in [0.3, 0.4) is 0 Å². The molecule has 3 aromatic rings. The Morgan fingerprint density at radius 3 is 2.35 bits per heavy atom. The summed E-state index contributed by atoms with van der Waals surface area (Å²) in [6.45, 7) is 0. The molecule has 0 saturated carbocycles. The van der Waals surface area contributed by atoms with Crippen molar-refractivity contribution in [3.8, 4) is 17.2 Å². The zero-order valence-corrected chi connectivity index (χ0v) is 18.4. The van der Waals surface area contributed by atoms with Gasteiger partial charge >= 0.3 is 5.97 Å². The molecule has 0 aliphatic rings. The minimum atomic E-state index is -0.528. The summed E-state index contributed by atoms with van der Waals surface area (Å²) in [6, 6.07) is 18.4. The summed E-state index contributed by atoms with van der Waals surface area (Å²) in [6.07, 6.45) is 1.40. The minimum Gasteiger partial charge on any atom is -0.497 e. The highest BCUT2D eigenvalue weighted by Gasteiger charge is 2.12. The summed E-state index contributed by atoms with van der Waals surface area (Å²) in [5.74, 6) is 0.571. The van der Waals surface area contributed by atoms with Crippen molar-refractivity contribution in [2.45, 2.75) is 0 Å². The maximum absolute atomic E-state index is 12.5. The molecule has 3 aromatic carbocycles. The van der Waals surface area contributed by atoms with E-state index in [-0.39, 0.29) is 0 Å². The zero-order valence-electron chi connectivity index (χ0n) is 16.8. The molecule has 0 spiro atoms. The first kappa shape index (κ1) is 22.0. The van der Waals surface area contributed by atoms with Gasteiger partial charge in [0.15, 0.2) is 0 Å². The van der Waals surface area contributed by atoms with Crippen LogP contribution in [0.15, 0.2) is 76.3 Å². The number of amides is 1. The van der Waals surface area contributed by atoms with E-state index < -0.39 is 11.9 Å². The number of esters is 1. The monoisotopic (exact) mass is 482 g/mol. The van der Waals surface area contributed by atoms with Crippen molar-refractivity contribution in [2.75, 3.05) is 14.2 Å². The van der Waals surface area contributed by atoms with Crippen LogP contribution in [0.4, 0.5) is 0 Å². The molecule has 0 heterocycles. The second-order valence-electron chi connectivity index (χ2n) is 6.23. The first-order valence-electron chi connectivity index (χ1n) is 9.13. The van der Waals surface area contributed by atoms with Crippen molar-refractivity contribution in [2.24, 2.45) is 5.10 Å². The molecule has 1 N–H and O–H groups in total. The highest BCUT2D eigenvalue weighted by atomic mass is 79.9. The van der Waals surface area contributed by atoms with Crippen LogP contribution in [-0.2, 0) is 0 Å². The lowest BCUT2D eigenvalue weighted by atomic mass is 10.2. The van der Waals surface area contributed by atoms with Crippen LogP contribution in [0, 0.1) is 0 Å². The Bertz CT molecular complexity index is 1110. The smallest absolute Gasteiger partial charge is 0.343 e. The molecule has 0 bridgehead atoms. The molecule has 7 nitrogen and oxygen atoms in total. The van der Waals surface area contributed by atoms with E-state index in [1.165, 1.54) is 13.3 Å². The fourth-order valence-corrected chi connectivity index (χ4v) is 2.97. The number of hydrazone groups is 1. The van der Waals surface area contributed by atoms with Crippen molar-refractivity contribution in [1.29, 1.82) is 0 Å². The van der Waals surface area contributed by atoms with Crippen LogP contribution >= 0.6 is 15.9 Å². The Morgan fingerprint density at radius 2 is 1.65 bits per heavy atom. The van der Waals surface area contributed by atoms with Crippen LogP contribution in [0.25, 0.3) is 0 Å². The van der Waals surface area contributed by atoms with Crippen molar-refractivity contribution >= 4 is 34.0 Å². The van der Waals surface area contributed by atoms with Crippen LogP contribution in [-0.4, -0.2) is 32.3 Å². The number of benzene rings is 3. The number of halogens is 1. The van der Waals surface area contributed by atoms with E-state index >= 15 is 0 Å². The molecule has 0 radical (unpaired) electrons. The molecule has 0 unspecified atom stereocenters. The average Bonchev–Trinajstić information content (AvgIpc) is 2.80. The van der Waals surface area contributed by atoms with Gasteiger partial charge in [0.25, 0.3) is 5.91 Å². The van der Waals surface area contributed by atoms with E-state index in [0.717, 1.165) is 4.47 Å². The molecular weight excluding hydrogens is 464 g/mol. The normalized spacial score (nSPS) is 10.5. The summed E-state index contributed by atoms with van der Waals surface area (Å²) in [7, 11) is 3.07. The van der Waals surface area contributed by atoms with E-state index in [4.69, 9.17) is 14.2 Å². The second-order valence-corrected chi connectivity index (χ2v) is 7.15. The van der Waals surface area contributed by atoms with Crippen molar-refractivity contribution in [1.82, 2.24) is 5.43 Å². The number of hydrogen-bond acceptors (Lipinski definition) is 6. The summed E-state index contributed by atoms with van der Waals surface area (Å²) in [5.41, 5.74) is 3.72. The van der Waals surface area contributed by atoms with Gasteiger partial charge in [-0.25, -0.2) is 10.2 Å². The maximum atomic E-state index is 12.5. The minimum absolute atomic E-state index is 0.295. The maximum Gasteiger partial charge on any atom is 0.343 e. The van der Waals surface area contributed by atoms with Gasteiger partial charge in [-0.1, -0.05) is 22.0 Å². The largest absolute Gasteiger partial charge is 0.497 e. The van der Waals surface area contributed by atoms with E-state index in [9.17, 15) is 9.59 Å². The summed E-state index contributed by atoms with van der Waals surface area (Å²) >= 11 is 3.38. The highest BCUT2D eigenvalue weighted by Crippen LogP contribution is 2.23. The van der Waals surface area contributed by atoms with E-state index in [2.05, 4.69) is 26.5 Å². The fourth-order valence-electron chi connectivity index (χ4n) is 2.59. The Labute approximate surface area is 187 Å². The molecule has 0 aliphatic carbocycles. The van der Waals surface area contributed by atoms with Crippen molar-refractivity contribution < 1.29 is 23.8 Å². The Kier molecular flexibility index (Phi) is 7.40. The second kappa shape index (κ2) is 10.4. The predicted molar refractivity (Wildman–Crippen MR) is 120 cm³/mol. The van der Waals surface area contributed by atoms with Gasteiger partial charge in [-0.05, 0) is 60.7 Å². The molecule has 3 rings (SSSR count). The van der Waals surface area contributed by atoms with Crippen molar-refractivity contribution in [3.05, 3.63) is 87.9 Å². The van der Waals surface area contributed by atoms with Gasteiger partial charge in [-0.2, -0.15) is 5.10 Å². The third-order valence-electron chi connectivity index (χ3n) is 4.20. The van der Waals surface area contributed by atoms with Crippen LogP contribution in [0.5, 0.6) is 17.2 Å². The third-order valence-corrected chi connectivity index (χ3v) is 4.70. The van der Waals surface area contributed by atoms with Gasteiger partial charge in [0.2, 0.25) is 0 Å². The average molecular weight is 483 g/mol. The standard InChI is InChI=1S/C23H19BrN2O5/c1-29-19-9-6-15(7-10-19)23(28)31-21-11-8-18(24)12-17(21)14-25-26-22(27)16-4-3-5-20(13-16)30-2/h3-14H,1-2H3,(H,26,27)/b25-14+. The van der Waals surface area contributed by atoms with Crippen LogP contribution in [0.1, 0.15) is 26.3 Å². The Morgan fingerprint density at radius 1 is 0.903 bits per heavy atom. The summed E-state index contributed by atoms with van der Waals surface area (Å²) in [4.78, 5) is 24.8. The van der Waals surface area contributed by atoms with E-state index in [1.54, 1.807) is 73.8 Å². The molecule has 31 heavy (non-hydrogen) atoms. The quantitative estimate of drug-likeness (QED) is 0.232. The molecule has 0 fully saturated rings. The third kappa shape index (κ3) is 5.93. The van der Waals surface area contributed by atoms with E-state index in [1.807, 2.05) is 0 Å². The number of nitrogens with one attached hydrogen (secondary N) is 1. The van der Waals surface area contributed by atoms with E-state index in [0.29, 0.717) is 33.9 Å². The fraction of sp³-hybridized carbons (Fsp3) is 0.0870. The molecule has 0 aromatic heterocycles. The molecular formula is C23H19BrN2O5. The zero-order chi connectivity index (χ0) is 22.2. The summed E-state index contributed by atoms with van der Waals surface area (Å²) in [5, 5.41) is 3.98. The highest BCUT2D eigenvalue weighted by molar-refractivity contribution is 9.10. The lowest BCUT2D eigenvalue weighted by Gasteiger charge is -2.09. The molecule has 158 valence electrons. The number of methoxy groups -OCH3 is 2. The molecule has 1 amide bonds. The molecule has 0 atom stereocenters.